The van der Waals surface area contributed by atoms with E-state index >= 15 is 0 Å². The predicted molar refractivity (Wildman–Crippen MR) is 65.1 cm³/mol. The standard InChI is InChI=1S/C14H21N/c1-2-3-4-6-12-7-5-8-13-9-10-15-11-14(12)13/h5,7-8,15H,2-4,6,9-11H2,1H3. The van der Waals surface area contributed by atoms with E-state index in [4.69, 9.17) is 0 Å². The van der Waals surface area contributed by atoms with Crippen LogP contribution in [0.25, 0.3) is 0 Å². The molecule has 0 fully saturated rings. The van der Waals surface area contributed by atoms with Crippen LogP contribution < -0.4 is 5.32 Å². The maximum absolute atomic E-state index is 3.47. The fourth-order valence-electron chi connectivity index (χ4n) is 2.39. The molecule has 1 aliphatic rings. The molecular formula is C14H21N. The average molecular weight is 203 g/mol. The molecular weight excluding hydrogens is 182 g/mol. The Bertz CT molecular complexity index is 317. The molecule has 2 rings (SSSR count). The molecule has 1 heterocycles. The second-order valence-electron chi connectivity index (χ2n) is 4.44. The van der Waals surface area contributed by atoms with Gasteiger partial charge in [-0.05, 0) is 42.5 Å². The molecule has 0 saturated carbocycles. The average Bonchev–Trinajstić information content (AvgIpc) is 2.30. The van der Waals surface area contributed by atoms with Crippen molar-refractivity contribution in [2.75, 3.05) is 6.54 Å². The molecule has 0 radical (unpaired) electrons. The molecule has 1 aromatic carbocycles. The van der Waals surface area contributed by atoms with Crippen LogP contribution in [0.3, 0.4) is 0 Å². The lowest BCUT2D eigenvalue weighted by Crippen LogP contribution is -2.24. The van der Waals surface area contributed by atoms with Crippen LogP contribution in [-0.2, 0) is 19.4 Å². The molecule has 0 amide bonds. The summed E-state index contributed by atoms with van der Waals surface area (Å²) in [6, 6.07) is 6.83. The Balaban J connectivity index is 2.09. The van der Waals surface area contributed by atoms with Gasteiger partial charge in [0.25, 0.3) is 0 Å². The van der Waals surface area contributed by atoms with Crippen LogP contribution in [-0.4, -0.2) is 6.54 Å². The minimum Gasteiger partial charge on any atom is -0.312 e. The number of aryl methyl sites for hydroxylation is 1. The molecule has 15 heavy (non-hydrogen) atoms. The monoisotopic (exact) mass is 203 g/mol. The molecule has 1 aromatic rings. The molecule has 0 aliphatic carbocycles. The molecule has 0 aromatic heterocycles. The molecule has 0 unspecified atom stereocenters. The quantitative estimate of drug-likeness (QED) is 0.742. The maximum atomic E-state index is 3.47. The Labute approximate surface area is 92.9 Å². The van der Waals surface area contributed by atoms with E-state index in [1.165, 1.54) is 32.1 Å². The van der Waals surface area contributed by atoms with Crippen LogP contribution >= 0.6 is 0 Å². The number of hydrogen-bond donors (Lipinski definition) is 1. The van der Waals surface area contributed by atoms with Gasteiger partial charge >= 0.3 is 0 Å². The highest BCUT2D eigenvalue weighted by atomic mass is 14.9. The number of nitrogens with one attached hydrogen (secondary N) is 1. The van der Waals surface area contributed by atoms with Gasteiger partial charge in [0.15, 0.2) is 0 Å². The summed E-state index contributed by atoms with van der Waals surface area (Å²) in [5.74, 6) is 0. The molecule has 0 bridgehead atoms. The third kappa shape index (κ3) is 2.60. The van der Waals surface area contributed by atoms with Gasteiger partial charge in [-0.25, -0.2) is 0 Å². The lowest BCUT2D eigenvalue weighted by molar-refractivity contribution is 0.630. The third-order valence-electron chi connectivity index (χ3n) is 3.29. The van der Waals surface area contributed by atoms with Gasteiger partial charge in [0, 0.05) is 6.54 Å². The number of rotatable bonds is 4. The summed E-state index contributed by atoms with van der Waals surface area (Å²) in [5.41, 5.74) is 4.73. The second kappa shape index (κ2) is 5.32. The summed E-state index contributed by atoms with van der Waals surface area (Å²) in [6.45, 7) is 4.49. The Morgan fingerprint density at radius 1 is 1.27 bits per heavy atom. The summed E-state index contributed by atoms with van der Waals surface area (Å²) < 4.78 is 0. The predicted octanol–water partition coefficient (Wildman–Crippen LogP) is 3.07. The summed E-state index contributed by atoms with van der Waals surface area (Å²) in [4.78, 5) is 0. The lowest BCUT2D eigenvalue weighted by Gasteiger charge is -2.20. The van der Waals surface area contributed by atoms with E-state index in [-0.39, 0.29) is 0 Å². The lowest BCUT2D eigenvalue weighted by atomic mass is 9.93. The van der Waals surface area contributed by atoms with Gasteiger partial charge in [-0.15, -0.1) is 0 Å². The number of benzene rings is 1. The van der Waals surface area contributed by atoms with Crippen molar-refractivity contribution < 1.29 is 0 Å². The maximum Gasteiger partial charge on any atom is 0.0211 e. The van der Waals surface area contributed by atoms with Gasteiger partial charge in [0.05, 0.1) is 0 Å². The van der Waals surface area contributed by atoms with Gasteiger partial charge < -0.3 is 5.32 Å². The zero-order valence-corrected chi connectivity index (χ0v) is 9.68. The molecule has 0 saturated heterocycles. The first kappa shape index (κ1) is 10.7. The second-order valence-corrected chi connectivity index (χ2v) is 4.44. The van der Waals surface area contributed by atoms with E-state index in [2.05, 4.69) is 30.4 Å². The fourth-order valence-corrected chi connectivity index (χ4v) is 2.39. The Morgan fingerprint density at radius 2 is 2.20 bits per heavy atom. The molecule has 1 heteroatoms. The van der Waals surface area contributed by atoms with Crippen molar-refractivity contribution >= 4 is 0 Å². The van der Waals surface area contributed by atoms with Crippen LogP contribution in [0.1, 0.15) is 42.9 Å². The van der Waals surface area contributed by atoms with Crippen LogP contribution in [0.5, 0.6) is 0 Å². The molecule has 0 spiro atoms. The molecule has 1 nitrogen and oxygen atoms in total. The van der Waals surface area contributed by atoms with Crippen molar-refractivity contribution in [1.29, 1.82) is 0 Å². The highest BCUT2D eigenvalue weighted by Gasteiger charge is 2.11. The first-order valence-corrected chi connectivity index (χ1v) is 6.22. The van der Waals surface area contributed by atoms with Gasteiger partial charge in [-0.3, -0.25) is 0 Å². The smallest absolute Gasteiger partial charge is 0.0211 e. The van der Waals surface area contributed by atoms with Crippen molar-refractivity contribution in [2.24, 2.45) is 0 Å². The summed E-state index contributed by atoms with van der Waals surface area (Å²) >= 11 is 0. The fraction of sp³-hybridized carbons (Fsp3) is 0.571. The minimum atomic E-state index is 1.08. The summed E-state index contributed by atoms with van der Waals surface area (Å²) in [7, 11) is 0. The van der Waals surface area contributed by atoms with Crippen molar-refractivity contribution in [3.8, 4) is 0 Å². The largest absolute Gasteiger partial charge is 0.312 e. The topological polar surface area (TPSA) is 12.0 Å². The molecule has 1 N–H and O–H groups in total. The summed E-state index contributed by atoms with van der Waals surface area (Å²) in [6.07, 6.45) is 6.48. The van der Waals surface area contributed by atoms with Gasteiger partial charge in [0.2, 0.25) is 0 Å². The molecule has 82 valence electrons. The SMILES string of the molecule is CCCCCc1cccc2c1CNCC2. The van der Waals surface area contributed by atoms with Crippen LogP contribution in [0.2, 0.25) is 0 Å². The highest BCUT2D eigenvalue weighted by Crippen LogP contribution is 2.20. The number of unbranched alkanes of at least 4 members (excludes halogenated alkanes) is 2. The van der Waals surface area contributed by atoms with Crippen LogP contribution in [0, 0.1) is 0 Å². The normalized spacial score (nSPS) is 15.0. The first-order valence-electron chi connectivity index (χ1n) is 6.22. The Morgan fingerprint density at radius 3 is 3.07 bits per heavy atom. The van der Waals surface area contributed by atoms with Crippen LogP contribution in [0.4, 0.5) is 0 Å². The van der Waals surface area contributed by atoms with E-state index in [0.717, 1.165) is 13.1 Å². The van der Waals surface area contributed by atoms with Crippen molar-refractivity contribution in [3.05, 3.63) is 34.9 Å². The van der Waals surface area contributed by atoms with E-state index < -0.39 is 0 Å². The minimum absolute atomic E-state index is 1.08. The number of fused-ring (bicyclic) bond motifs is 1. The first-order chi connectivity index (χ1) is 7.42. The van der Waals surface area contributed by atoms with Gasteiger partial charge in [-0.2, -0.15) is 0 Å². The molecule has 1 aliphatic heterocycles. The zero-order valence-electron chi connectivity index (χ0n) is 9.68. The van der Waals surface area contributed by atoms with Crippen molar-refractivity contribution in [3.63, 3.8) is 0 Å². The molecule has 0 atom stereocenters. The van der Waals surface area contributed by atoms with E-state index in [1.807, 2.05) is 0 Å². The van der Waals surface area contributed by atoms with Crippen molar-refractivity contribution in [2.45, 2.75) is 45.6 Å². The van der Waals surface area contributed by atoms with Gasteiger partial charge in [-0.1, -0.05) is 38.0 Å². The van der Waals surface area contributed by atoms with E-state index in [9.17, 15) is 0 Å². The van der Waals surface area contributed by atoms with Crippen molar-refractivity contribution in [1.82, 2.24) is 5.32 Å². The summed E-state index contributed by atoms with van der Waals surface area (Å²) in [5, 5.41) is 3.47. The van der Waals surface area contributed by atoms with E-state index in [1.54, 1.807) is 16.7 Å². The Hall–Kier alpha value is -0.820. The van der Waals surface area contributed by atoms with E-state index in [0.29, 0.717) is 0 Å². The Kier molecular flexibility index (Phi) is 3.79. The van der Waals surface area contributed by atoms with Crippen LogP contribution in [0.15, 0.2) is 18.2 Å². The highest BCUT2D eigenvalue weighted by molar-refractivity contribution is 5.36. The number of hydrogen-bond acceptors (Lipinski definition) is 1. The zero-order chi connectivity index (χ0) is 10.5. The van der Waals surface area contributed by atoms with Gasteiger partial charge in [0.1, 0.15) is 0 Å². The third-order valence-corrected chi connectivity index (χ3v) is 3.29.